The largest absolute Gasteiger partial charge is 0.466 e. The van der Waals surface area contributed by atoms with Crippen molar-refractivity contribution in [2.45, 2.75) is 77.7 Å². The highest BCUT2D eigenvalue weighted by molar-refractivity contribution is 6.33. The molecule has 2 aliphatic rings. The number of hydrogen-bond acceptors (Lipinski definition) is 7. The Kier molecular flexibility index (Phi) is 16.1. The van der Waals surface area contributed by atoms with Crippen molar-refractivity contribution in [3.8, 4) is 0 Å². The van der Waals surface area contributed by atoms with Crippen LogP contribution in [0.1, 0.15) is 83.3 Å². The van der Waals surface area contributed by atoms with Gasteiger partial charge in [0.05, 0.1) is 17.6 Å². The number of nitrogens with one attached hydrogen (secondary N) is 1. The van der Waals surface area contributed by atoms with Crippen LogP contribution in [0.5, 0.6) is 0 Å². The average molecular weight is 733 g/mol. The van der Waals surface area contributed by atoms with Gasteiger partial charge in [-0.05, 0) is 114 Å². The van der Waals surface area contributed by atoms with Gasteiger partial charge in [-0.3, -0.25) is 4.79 Å². The monoisotopic (exact) mass is 730 g/mol. The van der Waals surface area contributed by atoms with Crippen molar-refractivity contribution in [2.24, 2.45) is 0 Å². The zero-order chi connectivity index (χ0) is 32.6. The van der Waals surface area contributed by atoms with E-state index in [4.69, 9.17) is 27.9 Å². The Balaban J connectivity index is 0.000000279. The lowest BCUT2D eigenvalue weighted by Gasteiger charge is -2.33. The van der Waals surface area contributed by atoms with Crippen LogP contribution < -0.4 is 5.32 Å². The Labute approximate surface area is 299 Å². The number of halogens is 4. The van der Waals surface area contributed by atoms with Gasteiger partial charge >= 0.3 is 12.1 Å². The van der Waals surface area contributed by atoms with E-state index in [2.05, 4.69) is 44.3 Å². The molecule has 0 radical (unpaired) electrons. The number of fused-ring (bicyclic) bond motifs is 2. The van der Waals surface area contributed by atoms with Crippen molar-refractivity contribution >= 4 is 71.1 Å². The number of hydrogen-bond donors (Lipinski definition) is 1. The highest BCUT2D eigenvalue weighted by Crippen LogP contribution is 2.31. The molecule has 6 heterocycles. The fourth-order valence-corrected chi connectivity index (χ4v) is 5.93. The summed E-state index contributed by atoms with van der Waals surface area (Å²) in [5.74, 6) is 0.888. The molecule has 0 spiro atoms. The first-order chi connectivity index (χ1) is 21.4. The fourth-order valence-electron chi connectivity index (χ4n) is 5.53. The number of esters is 1. The molecule has 260 valence electrons. The minimum atomic E-state index is -0.447. The summed E-state index contributed by atoms with van der Waals surface area (Å²) >= 11 is 12.1. The summed E-state index contributed by atoms with van der Waals surface area (Å²) < 4.78 is 13.7. The van der Waals surface area contributed by atoms with Crippen molar-refractivity contribution in [1.29, 1.82) is 0 Å². The zero-order valence-corrected chi connectivity index (χ0v) is 30.7. The standard InChI is InChI=1S/C17H22ClN3O2.C12H14ClN3.C4H8O2.2ClH/c1-17(2,3)23-16(22)20-7-4-12(5-8-20)13-6-9-21-11-19-15(18)14(21)10-13;13-12-11-7-10(3-6-16(11)8-15-12)9-1-4-14-5-2-9;1-3-6-4(2)5;;/h6,9-12H,4-5,7-8H2,1-3H3;3,6-9,14H,1-2,4-5H2;3H2,1-2H3;2*1H. The van der Waals surface area contributed by atoms with Crippen molar-refractivity contribution < 1.29 is 19.1 Å². The number of likely N-dealkylation sites (tertiary alicyclic amines) is 1. The minimum Gasteiger partial charge on any atom is -0.466 e. The van der Waals surface area contributed by atoms with Gasteiger partial charge in [0, 0.05) is 32.4 Å². The minimum absolute atomic E-state index is 0. The number of imidazole rings is 2. The van der Waals surface area contributed by atoms with Gasteiger partial charge in [-0.15, -0.1) is 24.8 Å². The second-order valence-electron chi connectivity index (χ2n) is 12.3. The highest BCUT2D eigenvalue weighted by Gasteiger charge is 2.27. The Morgan fingerprint density at radius 2 is 1.34 bits per heavy atom. The number of pyridine rings is 2. The predicted molar refractivity (Wildman–Crippen MR) is 192 cm³/mol. The first-order valence-corrected chi connectivity index (χ1v) is 16.3. The maximum atomic E-state index is 12.1. The van der Waals surface area contributed by atoms with Crippen LogP contribution in [-0.2, 0) is 14.3 Å². The first kappa shape index (κ1) is 40.4. The molecule has 1 amide bonds. The topological polar surface area (TPSA) is 102 Å². The van der Waals surface area contributed by atoms with E-state index in [1.165, 1.54) is 30.9 Å². The molecule has 4 aromatic rings. The molecule has 0 saturated carbocycles. The van der Waals surface area contributed by atoms with E-state index in [0.29, 0.717) is 28.7 Å². The van der Waals surface area contributed by atoms with Gasteiger partial charge in [-0.2, -0.15) is 0 Å². The number of aromatic nitrogens is 4. The van der Waals surface area contributed by atoms with Gasteiger partial charge in [0.25, 0.3) is 0 Å². The summed E-state index contributed by atoms with van der Waals surface area (Å²) in [4.78, 5) is 31.9. The zero-order valence-electron chi connectivity index (χ0n) is 27.6. The maximum absolute atomic E-state index is 12.1. The molecule has 4 aromatic heterocycles. The quantitative estimate of drug-likeness (QED) is 0.213. The summed E-state index contributed by atoms with van der Waals surface area (Å²) in [5.41, 5.74) is 4.13. The first-order valence-electron chi connectivity index (χ1n) is 15.5. The third-order valence-corrected chi connectivity index (χ3v) is 8.39. The fraction of sp³-hybridized carbons (Fsp3) is 0.515. The molecule has 1 N–H and O–H groups in total. The number of piperidine rings is 2. The van der Waals surface area contributed by atoms with Crippen LogP contribution >= 0.6 is 48.0 Å². The number of amides is 1. The second kappa shape index (κ2) is 18.7. The van der Waals surface area contributed by atoms with Crippen LogP contribution in [0.2, 0.25) is 10.3 Å². The Morgan fingerprint density at radius 3 is 1.74 bits per heavy atom. The number of carbonyl (C=O) groups excluding carboxylic acids is 2. The molecule has 2 fully saturated rings. The van der Waals surface area contributed by atoms with Crippen LogP contribution in [0.3, 0.4) is 0 Å². The van der Waals surface area contributed by atoms with E-state index in [9.17, 15) is 9.59 Å². The predicted octanol–water partition coefficient (Wildman–Crippen LogP) is 7.97. The molecule has 6 rings (SSSR count). The summed E-state index contributed by atoms with van der Waals surface area (Å²) in [6.45, 7) is 13.0. The normalized spacial score (nSPS) is 15.3. The lowest BCUT2D eigenvalue weighted by atomic mass is 9.90. The smallest absolute Gasteiger partial charge is 0.410 e. The second-order valence-corrected chi connectivity index (χ2v) is 13.0. The lowest BCUT2D eigenvalue weighted by Crippen LogP contribution is -2.41. The van der Waals surface area contributed by atoms with Crippen molar-refractivity contribution in [1.82, 2.24) is 29.0 Å². The van der Waals surface area contributed by atoms with Gasteiger partial charge in [0.15, 0.2) is 10.3 Å². The van der Waals surface area contributed by atoms with Crippen molar-refractivity contribution in [3.05, 3.63) is 70.7 Å². The van der Waals surface area contributed by atoms with Gasteiger partial charge in [-0.1, -0.05) is 23.2 Å². The summed E-state index contributed by atoms with van der Waals surface area (Å²) in [7, 11) is 0. The Hall–Kier alpha value is -2.76. The summed E-state index contributed by atoms with van der Waals surface area (Å²) in [5, 5.41) is 4.50. The molecule has 47 heavy (non-hydrogen) atoms. The van der Waals surface area contributed by atoms with Crippen LogP contribution in [0.4, 0.5) is 4.79 Å². The average Bonchev–Trinajstić information content (AvgIpc) is 3.58. The van der Waals surface area contributed by atoms with Gasteiger partial charge < -0.3 is 28.5 Å². The molecule has 10 nitrogen and oxygen atoms in total. The maximum Gasteiger partial charge on any atom is 0.410 e. The lowest BCUT2D eigenvalue weighted by molar-refractivity contribution is -0.140. The van der Waals surface area contributed by atoms with Crippen molar-refractivity contribution in [3.63, 3.8) is 0 Å². The van der Waals surface area contributed by atoms with E-state index in [-0.39, 0.29) is 36.9 Å². The van der Waals surface area contributed by atoms with Crippen LogP contribution in [-0.4, -0.2) is 74.1 Å². The number of rotatable bonds is 3. The van der Waals surface area contributed by atoms with E-state index in [0.717, 1.165) is 50.1 Å². The van der Waals surface area contributed by atoms with E-state index < -0.39 is 5.60 Å². The van der Waals surface area contributed by atoms with Crippen LogP contribution in [0.25, 0.3) is 11.0 Å². The molecule has 2 aliphatic heterocycles. The van der Waals surface area contributed by atoms with E-state index in [1.807, 2.05) is 42.0 Å². The third-order valence-electron chi connectivity index (χ3n) is 7.81. The van der Waals surface area contributed by atoms with E-state index >= 15 is 0 Å². The number of nitrogens with zero attached hydrogens (tertiary/aromatic N) is 5. The molecule has 0 unspecified atom stereocenters. The summed E-state index contributed by atoms with van der Waals surface area (Å²) in [6, 6.07) is 8.56. The van der Waals surface area contributed by atoms with E-state index in [1.54, 1.807) is 24.5 Å². The SMILES string of the molecule is CC(C)(C)OC(=O)N1CCC(c2ccn3cnc(Cl)c3c2)CC1.CCOC(C)=O.Cl.Cl.Clc1ncn2ccc(C3CCNCC3)cc12. The molecule has 14 heteroatoms. The van der Waals surface area contributed by atoms with Crippen LogP contribution in [0, 0.1) is 0 Å². The van der Waals surface area contributed by atoms with Crippen molar-refractivity contribution in [2.75, 3.05) is 32.8 Å². The Bertz CT molecular complexity index is 1570. The molecular weight excluding hydrogens is 686 g/mol. The molecule has 2 saturated heterocycles. The van der Waals surface area contributed by atoms with Gasteiger partial charge in [-0.25, -0.2) is 14.8 Å². The van der Waals surface area contributed by atoms with Gasteiger partial charge in [0.1, 0.15) is 18.3 Å². The molecule has 0 bridgehead atoms. The van der Waals surface area contributed by atoms with Gasteiger partial charge in [0.2, 0.25) is 0 Å². The summed E-state index contributed by atoms with van der Waals surface area (Å²) in [6.07, 6.45) is 11.6. The molecular formula is C33H46Cl4N6O4. The molecule has 0 aliphatic carbocycles. The van der Waals surface area contributed by atoms with Crippen LogP contribution in [0.15, 0.2) is 49.3 Å². The highest BCUT2D eigenvalue weighted by atomic mass is 35.5. The number of ether oxygens (including phenoxy) is 2. The Morgan fingerprint density at radius 1 is 0.872 bits per heavy atom. The number of carbonyl (C=O) groups is 2. The molecule has 0 aromatic carbocycles. The third kappa shape index (κ3) is 11.7. The molecule has 0 atom stereocenters.